The molecule has 2 aromatic carbocycles. The van der Waals surface area contributed by atoms with Gasteiger partial charge in [-0.2, -0.15) is 5.10 Å². The van der Waals surface area contributed by atoms with E-state index in [1.807, 2.05) is 37.3 Å². The Morgan fingerprint density at radius 2 is 1.86 bits per heavy atom. The van der Waals surface area contributed by atoms with Crippen LogP contribution in [-0.4, -0.2) is 49.5 Å². The molecule has 0 saturated heterocycles. The molecule has 0 fully saturated rings. The molecule has 1 amide bonds. The smallest absolute Gasteiger partial charge is 0.344 e. The van der Waals surface area contributed by atoms with Crippen LogP contribution < -0.4 is 19.6 Å². The Kier molecular flexibility index (Phi) is 9.81. The zero-order valence-corrected chi connectivity index (χ0v) is 20.4. The van der Waals surface area contributed by atoms with Crippen molar-refractivity contribution in [3.05, 3.63) is 72.4 Å². The van der Waals surface area contributed by atoms with Gasteiger partial charge >= 0.3 is 5.97 Å². The van der Waals surface area contributed by atoms with Crippen molar-refractivity contribution in [1.82, 2.24) is 10.4 Å². The maximum Gasteiger partial charge on any atom is 0.344 e. The Labute approximate surface area is 209 Å². The summed E-state index contributed by atoms with van der Waals surface area (Å²) in [5.74, 6) is 0.495. The van der Waals surface area contributed by atoms with E-state index < -0.39 is 11.9 Å². The Morgan fingerprint density at radius 1 is 1.03 bits per heavy atom. The van der Waals surface area contributed by atoms with E-state index in [9.17, 15) is 9.59 Å². The van der Waals surface area contributed by atoms with E-state index >= 15 is 0 Å². The molecular formula is C27H29N3O6. The number of allylic oxidation sites excluding steroid dienone is 1. The first-order chi connectivity index (χ1) is 17.5. The van der Waals surface area contributed by atoms with Crippen LogP contribution in [0.25, 0.3) is 10.9 Å². The highest BCUT2D eigenvalue weighted by atomic mass is 16.6. The second-order valence-corrected chi connectivity index (χ2v) is 7.44. The third-order valence-corrected chi connectivity index (χ3v) is 4.82. The highest BCUT2D eigenvalue weighted by molar-refractivity contribution is 5.86. The third kappa shape index (κ3) is 7.30. The van der Waals surface area contributed by atoms with Gasteiger partial charge in [0.25, 0.3) is 5.91 Å². The molecule has 9 nitrogen and oxygen atoms in total. The number of fused-ring (bicyclic) bond motifs is 1. The van der Waals surface area contributed by atoms with Gasteiger partial charge in [-0.3, -0.25) is 9.78 Å². The molecular weight excluding hydrogens is 462 g/mol. The van der Waals surface area contributed by atoms with Gasteiger partial charge in [0.2, 0.25) is 0 Å². The van der Waals surface area contributed by atoms with Crippen molar-refractivity contribution in [2.24, 2.45) is 5.10 Å². The van der Waals surface area contributed by atoms with Crippen LogP contribution in [0.1, 0.15) is 25.0 Å². The van der Waals surface area contributed by atoms with Gasteiger partial charge in [-0.1, -0.05) is 24.3 Å². The predicted molar refractivity (Wildman–Crippen MR) is 137 cm³/mol. The van der Waals surface area contributed by atoms with E-state index in [1.54, 1.807) is 31.3 Å². The number of aromatic nitrogens is 1. The molecule has 1 N–H and O–H groups in total. The molecule has 0 aliphatic rings. The molecule has 3 aromatic rings. The van der Waals surface area contributed by atoms with Crippen molar-refractivity contribution < 1.29 is 28.5 Å². The average molecular weight is 492 g/mol. The number of ether oxygens (including phenoxy) is 4. The number of rotatable bonds is 13. The summed E-state index contributed by atoms with van der Waals surface area (Å²) in [6.07, 6.45) is 5.34. The lowest BCUT2D eigenvalue weighted by atomic mass is 10.1. The Bertz CT molecular complexity index is 1240. The summed E-state index contributed by atoms with van der Waals surface area (Å²) in [7, 11) is 0. The number of hydrogen-bond donors (Lipinski definition) is 1. The van der Waals surface area contributed by atoms with Crippen LogP contribution in [0.5, 0.6) is 17.2 Å². The van der Waals surface area contributed by atoms with Crippen LogP contribution in [0.15, 0.2) is 66.4 Å². The minimum absolute atomic E-state index is 0.223. The van der Waals surface area contributed by atoms with E-state index in [4.69, 9.17) is 18.9 Å². The summed E-state index contributed by atoms with van der Waals surface area (Å²) in [6, 6.07) is 12.8. The fraction of sp³-hybridized carbons (Fsp3) is 0.259. The second-order valence-electron chi connectivity index (χ2n) is 7.44. The lowest BCUT2D eigenvalue weighted by molar-refractivity contribution is -0.145. The monoisotopic (exact) mass is 491 g/mol. The fourth-order valence-corrected chi connectivity index (χ4v) is 3.37. The van der Waals surface area contributed by atoms with Crippen molar-refractivity contribution in [2.45, 2.75) is 20.3 Å². The molecule has 0 atom stereocenters. The molecule has 188 valence electrons. The zero-order chi connectivity index (χ0) is 25.8. The van der Waals surface area contributed by atoms with E-state index in [0.717, 1.165) is 10.9 Å². The number of hydrogen-bond acceptors (Lipinski definition) is 8. The highest BCUT2D eigenvalue weighted by Crippen LogP contribution is 2.33. The summed E-state index contributed by atoms with van der Waals surface area (Å²) in [5, 5.41) is 4.95. The highest BCUT2D eigenvalue weighted by Gasteiger charge is 2.15. The van der Waals surface area contributed by atoms with E-state index in [0.29, 0.717) is 41.4 Å². The number of amides is 1. The van der Waals surface area contributed by atoms with Crippen molar-refractivity contribution in [3.63, 3.8) is 0 Å². The topological polar surface area (TPSA) is 108 Å². The predicted octanol–water partition coefficient (Wildman–Crippen LogP) is 3.83. The molecule has 0 aliphatic heterocycles. The number of para-hydroxylation sites is 1. The molecule has 1 aromatic heterocycles. The molecule has 0 saturated carbocycles. The maximum absolute atomic E-state index is 12.3. The van der Waals surface area contributed by atoms with Gasteiger partial charge in [-0.05, 0) is 50.1 Å². The molecule has 36 heavy (non-hydrogen) atoms. The van der Waals surface area contributed by atoms with Gasteiger partial charge in [0.1, 0.15) is 11.3 Å². The van der Waals surface area contributed by atoms with Crippen LogP contribution in [0.4, 0.5) is 0 Å². The summed E-state index contributed by atoms with van der Waals surface area (Å²) < 4.78 is 22.0. The quantitative estimate of drug-likeness (QED) is 0.168. The lowest BCUT2D eigenvalue weighted by Gasteiger charge is -2.16. The summed E-state index contributed by atoms with van der Waals surface area (Å²) in [5.41, 5.74) is 4.55. The standard InChI is InChI=1S/C27H29N3O6/c1-4-9-21-14-19(15-23(33-5-2)27(21)36-18-25(32)34-6-3)16-29-30-24(31)17-35-22-12-7-10-20-11-8-13-28-26(20)22/h4,7-8,10-16H,1,5-6,9,17-18H2,2-3H3,(H,30,31)/b29-16+. The van der Waals surface area contributed by atoms with Gasteiger partial charge in [-0.15, -0.1) is 6.58 Å². The first-order valence-electron chi connectivity index (χ1n) is 11.5. The minimum Gasteiger partial charge on any atom is -0.490 e. The number of nitrogens with one attached hydrogen (secondary N) is 1. The zero-order valence-electron chi connectivity index (χ0n) is 20.4. The normalized spacial score (nSPS) is 10.7. The van der Waals surface area contributed by atoms with Crippen LogP contribution >= 0.6 is 0 Å². The van der Waals surface area contributed by atoms with Crippen LogP contribution in [0.3, 0.4) is 0 Å². The number of pyridine rings is 1. The van der Waals surface area contributed by atoms with Gasteiger partial charge in [0.15, 0.2) is 24.7 Å². The molecule has 0 radical (unpaired) electrons. The molecule has 9 heteroatoms. The van der Waals surface area contributed by atoms with E-state index in [1.165, 1.54) is 6.21 Å². The largest absolute Gasteiger partial charge is 0.490 e. The molecule has 3 rings (SSSR count). The molecule has 0 spiro atoms. The van der Waals surface area contributed by atoms with Crippen molar-refractivity contribution in [1.29, 1.82) is 0 Å². The van der Waals surface area contributed by atoms with Crippen LogP contribution in [0, 0.1) is 0 Å². The van der Waals surface area contributed by atoms with Crippen molar-refractivity contribution in [2.75, 3.05) is 26.4 Å². The number of carbonyl (C=O) groups is 2. The van der Waals surface area contributed by atoms with Gasteiger partial charge in [0.05, 0.1) is 19.4 Å². The lowest BCUT2D eigenvalue weighted by Crippen LogP contribution is -2.24. The molecule has 1 heterocycles. The summed E-state index contributed by atoms with van der Waals surface area (Å²) in [6.45, 7) is 7.54. The average Bonchev–Trinajstić information content (AvgIpc) is 2.87. The number of esters is 1. The van der Waals surface area contributed by atoms with Gasteiger partial charge in [0, 0.05) is 17.1 Å². The minimum atomic E-state index is -0.473. The summed E-state index contributed by atoms with van der Waals surface area (Å²) in [4.78, 5) is 28.3. The maximum atomic E-state index is 12.3. The van der Waals surface area contributed by atoms with E-state index in [2.05, 4.69) is 22.1 Å². The first-order valence-corrected chi connectivity index (χ1v) is 11.5. The third-order valence-electron chi connectivity index (χ3n) is 4.82. The van der Waals surface area contributed by atoms with Crippen LogP contribution in [-0.2, 0) is 20.7 Å². The first kappa shape index (κ1) is 26.2. The Hall–Kier alpha value is -4.40. The Balaban J connectivity index is 1.67. The van der Waals surface area contributed by atoms with Crippen LogP contribution in [0.2, 0.25) is 0 Å². The number of carbonyl (C=O) groups excluding carboxylic acids is 2. The summed E-state index contributed by atoms with van der Waals surface area (Å²) >= 11 is 0. The second kappa shape index (κ2) is 13.5. The van der Waals surface area contributed by atoms with E-state index in [-0.39, 0.29) is 19.8 Å². The number of hydrazone groups is 1. The SMILES string of the molecule is C=CCc1cc(/C=N/NC(=O)COc2cccc3cccnc23)cc(OCC)c1OCC(=O)OCC. The number of nitrogens with zero attached hydrogens (tertiary/aromatic N) is 2. The molecule has 0 bridgehead atoms. The molecule has 0 unspecified atom stereocenters. The molecule has 0 aliphatic carbocycles. The van der Waals surface area contributed by atoms with Gasteiger partial charge in [-0.25, -0.2) is 10.2 Å². The van der Waals surface area contributed by atoms with Crippen molar-refractivity contribution in [3.8, 4) is 17.2 Å². The fourth-order valence-electron chi connectivity index (χ4n) is 3.37. The number of benzene rings is 2. The Morgan fingerprint density at radius 3 is 2.64 bits per heavy atom. The van der Waals surface area contributed by atoms with Crippen molar-refractivity contribution >= 4 is 29.0 Å². The van der Waals surface area contributed by atoms with Gasteiger partial charge < -0.3 is 18.9 Å².